The number of fused-ring (bicyclic) bond motifs is 1. The maximum atomic E-state index is 11.7. The van der Waals surface area contributed by atoms with Crippen LogP contribution in [0, 0.1) is 6.92 Å². The van der Waals surface area contributed by atoms with E-state index in [4.69, 9.17) is 14.2 Å². The molecule has 0 bridgehead atoms. The number of carbonyl (C=O) groups excluding carboxylic acids is 1. The van der Waals surface area contributed by atoms with Crippen LogP contribution in [0.1, 0.15) is 4.88 Å². The first kappa shape index (κ1) is 12.7. The van der Waals surface area contributed by atoms with Crippen LogP contribution in [0.25, 0.3) is 0 Å². The summed E-state index contributed by atoms with van der Waals surface area (Å²) < 4.78 is 15.8. The largest absolute Gasteiger partial charge is 0.484 e. The number of carbonyl (C=O) groups is 1. The molecule has 1 aromatic carbocycles. The molecule has 0 aliphatic carbocycles. The number of hydrogen-bond acceptors (Lipinski definition) is 6. The summed E-state index contributed by atoms with van der Waals surface area (Å²) in [6.45, 7) is 2.05. The van der Waals surface area contributed by atoms with E-state index in [1.54, 1.807) is 24.4 Å². The van der Waals surface area contributed by atoms with Crippen LogP contribution in [0.15, 0.2) is 24.4 Å². The minimum atomic E-state index is -0.253. The Labute approximate surface area is 119 Å². The van der Waals surface area contributed by atoms with Gasteiger partial charge in [-0.1, -0.05) is 0 Å². The van der Waals surface area contributed by atoms with Gasteiger partial charge in [-0.05, 0) is 19.1 Å². The number of aromatic nitrogens is 1. The smallest absolute Gasteiger partial charge is 0.264 e. The molecule has 1 amide bonds. The molecule has 6 nitrogen and oxygen atoms in total. The maximum Gasteiger partial charge on any atom is 0.264 e. The molecular weight excluding hydrogens is 280 g/mol. The fraction of sp³-hybridized carbons (Fsp3) is 0.231. The highest BCUT2D eigenvalue weighted by molar-refractivity contribution is 7.15. The Morgan fingerprint density at radius 1 is 1.45 bits per heavy atom. The van der Waals surface area contributed by atoms with Crippen molar-refractivity contribution in [3.8, 4) is 17.2 Å². The van der Waals surface area contributed by atoms with Crippen LogP contribution in [-0.4, -0.2) is 24.3 Å². The summed E-state index contributed by atoms with van der Waals surface area (Å²) in [5, 5.41) is 3.24. The Morgan fingerprint density at radius 3 is 3.10 bits per heavy atom. The third-order valence-electron chi connectivity index (χ3n) is 2.58. The van der Waals surface area contributed by atoms with Gasteiger partial charge in [-0.3, -0.25) is 10.1 Å². The molecule has 0 saturated carbocycles. The summed E-state index contributed by atoms with van der Waals surface area (Å²) in [6, 6.07) is 5.18. The number of anilines is 1. The summed E-state index contributed by atoms with van der Waals surface area (Å²) in [5.41, 5.74) is 0. The standard InChI is InChI=1S/C13H12N2O4S/c1-8-5-14-13(20-8)15-12(16)6-17-9-2-3-10-11(4-9)19-7-18-10/h2-5H,6-7H2,1H3,(H,14,15,16). The molecule has 7 heteroatoms. The van der Waals surface area contributed by atoms with E-state index in [0.29, 0.717) is 22.4 Å². The van der Waals surface area contributed by atoms with Crippen molar-refractivity contribution in [1.29, 1.82) is 0 Å². The zero-order valence-electron chi connectivity index (χ0n) is 10.7. The van der Waals surface area contributed by atoms with Crippen molar-refractivity contribution in [2.24, 2.45) is 0 Å². The third kappa shape index (κ3) is 2.83. The number of ether oxygens (including phenoxy) is 3. The van der Waals surface area contributed by atoms with E-state index in [-0.39, 0.29) is 19.3 Å². The average molecular weight is 292 g/mol. The maximum absolute atomic E-state index is 11.7. The van der Waals surface area contributed by atoms with Crippen LogP contribution in [0.5, 0.6) is 17.2 Å². The minimum Gasteiger partial charge on any atom is -0.484 e. The zero-order chi connectivity index (χ0) is 13.9. The molecule has 0 saturated heterocycles. The van der Waals surface area contributed by atoms with Crippen LogP contribution in [0.4, 0.5) is 5.13 Å². The van der Waals surface area contributed by atoms with Crippen LogP contribution in [-0.2, 0) is 4.79 Å². The van der Waals surface area contributed by atoms with E-state index in [9.17, 15) is 4.79 Å². The van der Waals surface area contributed by atoms with Crippen LogP contribution >= 0.6 is 11.3 Å². The summed E-state index contributed by atoms with van der Waals surface area (Å²) in [4.78, 5) is 16.8. The molecule has 1 aliphatic heterocycles. The molecule has 1 aromatic heterocycles. The topological polar surface area (TPSA) is 69.7 Å². The third-order valence-corrected chi connectivity index (χ3v) is 3.41. The fourth-order valence-electron chi connectivity index (χ4n) is 1.68. The molecule has 0 spiro atoms. The SMILES string of the molecule is Cc1cnc(NC(=O)COc2ccc3c(c2)OCO3)s1. The van der Waals surface area contributed by atoms with Crippen molar-refractivity contribution >= 4 is 22.4 Å². The molecule has 1 N–H and O–H groups in total. The van der Waals surface area contributed by atoms with Crippen molar-refractivity contribution in [1.82, 2.24) is 4.98 Å². The van der Waals surface area contributed by atoms with Gasteiger partial charge in [0.05, 0.1) is 0 Å². The summed E-state index contributed by atoms with van der Waals surface area (Å²) in [7, 11) is 0. The van der Waals surface area contributed by atoms with E-state index in [1.165, 1.54) is 11.3 Å². The predicted octanol–water partition coefficient (Wildman–Crippen LogP) is 2.20. The van der Waals surface area contributed by atoms with Crippen molar-refractivity contribution in [3.05, 3.63) is 29.3 Å². The zero-order valence-corrected chi connectivity index (χ0v) is 11.5. The molecule has 0 fully saturated rings. The Morgan fingerprint density at radius 2 is 2.30 bits per heavy atom. The Bertz CT molecular complexity index is 641. The quantitative estimate of drug-likeness (QED) is 0.935. The van der Waals surface area contributed by atoms with Gasteiger partial charge in [-0.15, -0.1) is 11.3 Å². The highest BCUT2D eigenvalue weighted by atomic mass is 32.1. The lowest BCUT2D eigenvalue weighted by Crippen LogP contribution is -2.19. The molecule has 3 rings (SSSR count). The van der Waals surface area contributed by atoms with Gasteiger partial charge >= 0.3 is 0 Å². The van der Waals surface area contributed by atoms with Crippen molar-refractivity contribution in [3.63, 3.8) is 0 Å². The minimum absolute atomic E-state index is 0.0850. The fourth-order valence-corrected chi connectivity index (χ4v) is 2.36. The lowest BCUT2D eigenvalue weighted by Gasteiger charge is -2.06. The lowest BCUT2D eigenvalue weighted by molar-refractivity contribution is -0.118. The van der Waals surface area contributed by atoms with Gasteiger partial charge in [0.25, 0.3) is 5.91 Å². The van der Waals surface area contributed by atoms with Gasteiger partial charge in [-0.2, -0.15) is 0 Å². The first-order chi connectivity index (χ1) is 9.70. The van der Waals surface area contributed by atoms with Crippen LogP contribution in [0.2, 0.25) is 0 Å². The van der Waals surface area contributed by atoms with Crippen molar-refractivity contribution < 1.29 is 19.0 Å². The van der Waals surface area contributed by atoms with E-state index < -0.39 is 0 Å². The number of benzene rings is 1. The highest BCUT2D eigenvalue weighted by Crippen LogP contribution is 2.35. The molecule has 2 aromatic rings. The van der Waals surface area contributed by atoms with E-state index in [2.05, 4.69) is 10.3 Å². The number of amides is 1. The van der Waals surface area contributed by atoms with E-state index >= 15 is 0 Å². The van der Waals surface area contributed by atoms with Gasteiger partial charge in [-0.25, -0.2) is 4.98 Å². The molecule has 2 heterocycles. The second kappa shape index (κ2) is 5.38. The Kier molecular flexibility index (Phi) is 3.42. The second-order valence-corrected chi connectivity index (χ2v) is 5.36. The normalized spacial score (nSPS) is 12.2. The highest BCUT2D eigenvalue weighted by Gasteiger charge is 2.14. The number of thiazole rings is 1. The van der Waals surface area contributed by atoms with Gasteiger partial charge in [0, 0.05) is 17.1 Å². The number of rotatable bonds is 4. The molecular formula is C13H12N2O4S. The molecule has 0 radical (unpaired) electrons. The Hall–Kier alpha value is -2.28. The summed E-state index contributed by atoms with van der Waals surface area (Å²) in [5.74, 6) is 1.61. The van der Waals surface area contributed by atoms with E-state index in [0.717, 1.165) is 4.88 Å². The second-order valence-electron chi connectivity index (χ2n) is 4.13. The Balaban J connectivity index is 1.55. The molecule has 1 aliphatic rings. The predicted molar refractivity (Wildman–Crippen MR) is 73.5 cm³/mol. The van der Waals surface area contributed by atoms with Gasteiger partial charge in [0.1, 0.15) is 5.75 Å². The van der Waals surface area contributed by atoms with Crippen LogP contribution < -0.4 is 19.5 Å². The first-order valence-corrected chi connectivity index (χ1v) is 6.77. The van der Waals surface area contributed by atoms with Crippen molar-refractivity contribution in [2.45, 2.75) is 6.92 Å². The number of aryl methyl sites for hydroxylation is 1. The van der Waals surface area contributed by atoms with Crippen molar-refractivity contribution in [2.75, 3.05) is 18.7 Å². The monoisotopic (exact) mass is 292 g/mol. The summed E-state index contributed by atoms with van der Waals surface area (Å²) >= 11 is 1.42. The van der Waals surface area contributed by atoms with E-state index in [1.807, 2.05) is 6.92 Å². The lowest BCUT2D eigenvalue weighted by atomic mass is 10.3. The summed E-state index contributed by atoms with van der Waals surface area (Å²) in [6.07, 6.45) is 1.71. The van der Waals surface area contributed by atoms with Gasteiger partial charge < -0.3 is 14.2 Å². The van der Waals surface area contributed by atoms with Crippen LogP contribution in [0.3, 0.4) is 0 Å². The number of nitrogens with one attached hydrogen (secondary N) is 1. The number of nitrogens with zero attached hydrogens (tertiary/aromatic N) is 1. The number of hydrogen-bond donors (Lipinski definition) is 1. The first-order valence-electron chi connectivity index (χ1n) is 5.95. The van der Waals surface area contributed by atoms with Gasteiger partial charge in [0.2, 0.25) is 6.79 Å². The molecule has 0 unspecified atom stereocenters. The molecule has 104 valence electrons. The molecule has 0 atom stereocenters. The molecule has 20 heavy (non-hydrogen) atoms. The average Bonchev–Trinajstić information content (AvgIpc) is 3.04. The van der Waals surface area contributed by atoms with Gasteiger partial charge in [0.15, 0.2) is 23.2 Å².